The third kappa shape index (κ3) is 5.42. The highest BCUT2D eigenvalue weighted by Gasteiger charge is 2.27. The minimum atomic E-state index is -3.47. The van der Waals surface area contributed by atoms with Gasteiger partial charge >= 0.3 is 0 Å². The quantitative estimate of drug-likeness (QED) is 0.673. The molecule has 0 unspecified atom stereocenters. The van der Waals surface area contributed by atoms with Gasteiger partial charge in [0.25, 0.3) is 5.91 Å². The molecule has 2 aromatic rings. The Kier molecular flexibility index (Phi) is 6.99. The van der Waals surface area contributed by atoms with E-state index in [0.29, 0.717) is 50.0 Å². The lowest BCUT2D eigenvalue weighted by Crippen LogP contribution is -2.50. The van der Waals surface area contributed by atoms with Crippen LogP contribution in [0.4, 0.5) is 5.95 Å². The molecule has 1 amide bonds. The van der Waals surface area contributed by atoms with E-state index in [0.717, 1.165) is 0 Å². The van der Waals surface area contributed by atoms with Crippen LogP contribution < -0.4 is 15.0 Å². The van der Waals surface area contributed by atoms with E-state index in [-0.39, 0.29) is 18.2 Å². The number of rotatable bonds is 8. The molecule has 0 spiro atoms. The normalized spacial score (nSPS) is 15.1. The Bertz CT molecular complexity index is 915. The van der Waals surface area contributed by atoms with Crippen LogP contribution in [-0.4, -0.2) is 73.7 Å². The lowest BCUT2D eigenvalue weighted by Gasteiger charge is -2.33. The number of piperazine rings is 1. The van der Waals surface area contributed by atoms with Crippen LogP contribution in [0.15, 0.2) is 42.7 Å². The second kappa shape index (κ2) is 9.66. The number of ether oxygens (including phenoxy) is 1. The van der Waals surface area contributed by atoms with Crippen molar-refractivity contribution in [2.24, 2.45) is 0 Å². The molecule has 0 saturated carbocycles. The fourth-order valence-corrected chi connectivity index (χ4v) is 4.41. The van der Waals surface area contributed by atoms with Gasteiger partial charge in [-0.2, -0.15) is 4.31 Å². The van der Waals surface area contributed by atoms with E-state index >= 15 is 0 Å². The van der Waals surface area contributed by atoms with Crippen LogP contribution in [-0.2, 0) is 10.0 Å². The number of sulfonamides is 1. The molecule has 2 heterocycles. The zero-order chi connectivity index (χ0) is 20.7. The number of aromatic nitrogens is 2. The van der Waals surface area contributed by atoms with E-state index < -0.39 is 10.0 Å². The van der Waals surface area contributed by atoms with Crippen LogP contribution in [0.5, 0.6) is 5.75 Å². The average Bonchev–Trinajstić information content (AvgIpc) is 2.75. The third-order valence-corrected chi connectivity index (χ3v) is 6.42. The zero-order valence-corrected chi connectivity index (χ0v) is 17.1. The summed E-state index contributed by atoms with van der Waals surface area (Å²) in [5.41, 5.74) is 0.392. The van der Waals surface area contributed by atoms with Gasteiger partial charge in [0.1, 0.15) is 5.75 Å². The van der Waals surface area contributed by atoms with Gasteiger partial charge in [0.2, 0.25) is 16.0 Å². The standard InChI is InChI=1S/C19H25N5O4S/c1-2-28-17-7-4-3-6-16(17)18(25)20-10-15-29(26,27)24-13-11-23(12-14-24)19-21-8-5-9-22-19/h3-9H,2,10-15H2,1H3,(H,20,25). The summed E-state index contributed by atoms with van der Waals surface area (Å²) in [6, 6.07) is 8.63. The van der Waals surface area contributed by atoms with E-state index in [9.17, 15) is 13.2 Å². The van der Waals surface area contributed by atoms with E-state index in [1.54, 1.807) is 42.7 Å². The first kappa shape index (κ1) is 21.0. The molecule has 0 bridgehead atoms. The highest BCUT2D eigenvalue weighted by atomic mass is 32.2. The number of nitrogens with one attached hydrogen (secondary N) is 1. The lowest BCUT2D eigenvalue weighted by molar-refractivity contribution is 0.0952. The van der Waals surface area contributed by atoms with Gasteiger partial charge in [-0.25, -0.2) is 18.4 Å². The largest absolute Gasteiger partial charge is 0.493 e. The number of nitrogens with zero attached hydrogens (tertiary/aromatic N) is 4. The summed E-state index contributed by atoms with van der Waals surface area (Å²) in [5, 5.41) is 2.67. The summed E-state index contributed by atoms with van der Waals surface area (Å²) < 4.78 is 32.1. The number of para-hydroxylation sites is 1. The number of hydrogen-bond acceptors (Lipinski definition) is 7. The summed E-state index contributed by atoms with van der Waals surface area (Å²) in [6.45, 7) is 4.09. The maximum atomic E-state index is 12.6. The molecule has 3 rings (SSSR count). The van der Waals surface area contributed by atoms with Crippen molar-refractivity contribution < 1.29 is 17.9 Å². The third-order valence-electron chi connectivity index (χ3n) is 4.54. The monoisotopic (exact) mass is 419 g/mol. The molecule has 1 aromatic heterocycles. The van der Waals surface area contributed by atoms with Gasteiger partial charge in [0.15, 0.2) is 0 Å². The Balaban J connectivity index is 1.50. The molecular formula is C19H25N5O4S. The molecule has 10 heteroatoms. The molecule has 0 radical (unpaired) electrons. The topological polar surface area (TPSA) is 105 Å². The Labute approximate surface area is 170 Å². The molecule has 1 aliphatic heterocycles. The van der Waals surface area contributed by atoms with Crippen molar-refractivity contribution in [3.63, 3.8) is 0 Å². The minimum absolute atomic E-state index is 0.0314. The molecule has 1 saturated heterocycles. The molecule has 1 N–H and O–H groups in total. The molecule has 1 aliphatic rings. The van der Waals surface area contributed by atoms with Gasteiger partial charge in [-0.1, -0.05) is 12.1 Å². The molecule has 1 fully saturated rings. The summed E-state index contributed by atoms with van der Waals surface area (Å²) in [6.07, 6.45) is 3.33. The van der Waals surface area contributed by atoms with Gasteiger partial charge in [-0.3, -0.25) is 4.79 Å². The molecule has 9 nitrogen and oxygen atoms in total. The summed E-state index contributed by atoms with van der Waals surface area (Å²) in [7, 11) is -3.47. The van der Waals surface area contributed by atoms with Gasteiger partial charge in [-0.05, 0) is 25.1 Å². The van der Waals surface area contributed by atoms with E-state index in [4.69, 9.17) is 4.74 Å². The van der Waals surface area contributed by atoms with Crippen molar-refractivity contribution in [3.8, 4) is 5.75 Å². The number of carbonyl (C=O) groups is 1. The van der Waals surface area contributed by atoms with Crippen LogP contribution in [0.25, 0.3) is 0 Å². The van der Waals surface area contributed by atoms with Crippen molar-refractivity contribution in [3.05, 3.63) is 48.3 Å². The number of amides is 1. The van der Waals surface area contributed by atoms with Gasteiger partial charge in [0, 0.05) is 45.1 Å². The number of anilines is 1. The van der Waals surface area contributed by atoms with Crippen LogP contribution in [0.1, 0.15) is 17.3 Å². The Hall–Kier alpha value is -2.72. The molecule has 156 valence electrons. The first-order valence-electron chi connectivity index (χ1n) is 9.51. The van der Waals surface area contributed by atoms with E-state index in [1.807, 2.05) is 11.8 Å². The molecular weight excluding hydrogens is 394 g/mol. The highest BCUT2D eigenvalue weighted by Crippen LogP contribution is 2.17. The predicted molar refractivity (Wildman–Crippen MR) is 110 cm³/mol. The fourth-order valence-electron chi connectivity index (χ4n) is 3.07. The van der Waals surface area contributed by atoms with Crippen LogP contribution in [0.3, 0.4) is 0 Å². The summed E-state index contributed by atoms with van der Waals surface area (Å²) in [4.78, 5) is 22.7. The maximum Gasteiger partial charge on any atom is 0.255 e. The molecule has 29 heavy (non-hydrogen) atoms. The van der Waals surface area contributed by atoms with Gasteiger partial charge < -0.3 is 15.0 Å². The molecule has 0 aliphatic carbocycles. The second-order valence-electron chi connectivity index (χ2n) is 6.44. The average molecular weight is 420 g/mol. The molecule has 1 aromatic carbocycles. The van der Waals surface area contributed by atoms with Gasteiger partial charge in [-0.15, -0.1) is 0 Å². The van der Waals surface area contributed by atoms with Crippen molar-refractivity contribution in [2.75, 3.05) is 50.0 Å². The van der Waals surface area contributed by atoms with Crippen molar-refractivity contribution in [1.82, 2.24) is 19.6 Å². The predicted octanol–water partition coefficient (Wildman–Crippen LogP) is 0.757. The number of hydrogen-bond donors (Lipinski definition) is 1. The van der Waals surface area contributed by atoms with Crippen molar-refractivity contribution in [1.29, 1.82) is 0 Å². The number of benzene rings is 1. The van der Waals surface area contributed by atoms with Crippen LogP contribution >= 0.6 is 0 Å². The highest BCUT2D eigenvalue weighted by molar-refractivity contribution is 7.89. The minimum Gasteiger partial charge on any atom is -0.493 e. The SMILES string of the molecule is CCOc1ccccc1C(=O)NCCS(=O)(=O)N1CCN(c2ncccn2)CC1. The number of carbonyl (C=O) groups excluding carboxylic acids is 1. The lowest BCUT2D eigenvalue weighted by atomic mass is 10.2. The first-order valence-corrected chi connectivity index (χ1v) is 11.1. The van der Waals surface area contributed by atoms with Crippen molar-refractivity contribution in [2.45, 2.75) is 6.92 Å². The first-order chi connectivity index (χ1) is 14.0. The van der Waals surface area contributed by atoms with E-state index in [2.05, 4.69) is 15.3 Å². The zero-order valence-electron chi connectivity index (χ0n) is 16.3. The fraction of sp³-hybridized carbons (Fsp3) is 0.421. The Morgan fingerprint density at radius 3 is 2.48 bits per heavy atom. The van der Waals surface area contributed by atoms with E-state index in [1.165, 1.54) is 4.31 Å². The van der Waals surface area contributed by atoms with Crippen LogP contribution in [0.2, 0.25) is 0 Å². The van der Waals surface area contributed by atoms with Crippen molar-refractivity contribution >= 4 is 21.9 Å². The summed E-state index contributed by atoms with van der Waals surface area (Å²) >= 11 is 0. The second-order valence-corrected chi connectivity index (χ2v) is 8.52. The van der Waals surface area contributed by atoms with Gasteiger partial charge in [0.05, 0.1) is 17.9 Å². The Morgan fingerprint density at radius 2 is 1.79 bits per heavy atom. The summed E-state index contributed by atoms with van der Waals surface area (Å²) in [5.74, 6) is 0.576. The Morgan fingerprint density at radius 1 is 1.10 bits per heavy atom. The smallest absolute Gasteiger partial charge is 0.255 e. The van der Waals surface area contributed by atoms with Crippen LogP contribution in [0, 0.1) is 0 Å². The maximum absolute atomic E-state index is 12.6. The molecule has 0 atom stereocenters.